The molecule has 8 nitrogen and oxygen atoms in total. The molecule has 2 unspecified atom stereocenters. The fraction of sp³-hybridized carbons (Fsp3) is 0.333. The highest BCUT2D eigenvalue weighted by atomic mass is 35.5. The maximum absolute atomic E-state index is 14.0. The summed E-state index contributed by atoms with van der Waals surface area (Å²) in [6, 6.07) is 19.0. The third-order valence-corrected chi connectivity index (χ3v) is 8.66. The molecule has 3 rings (SSSR count). The lowest BCUT2D eigenvalue weighted by Gasteiger charge is -2.32. The van der Waals surface area contributed by atoms with Crippen molar-refractivity contribution >= 4 is 39.1 Å². The van der Waals surface area contributed by atoms with Crippen molar-refractivity contribution in [1.82, 2.24) is 10.2 Å². The number of amides is 2. The average molecular weight is 586 g/mol. The number of sulfonamides is 1. The molecule has 0 saturated carbocycles. The molecule has 0 radical (unpaired) electrons. The predicted molar refractivity (Wildman–Crippen MR) is 158 cm³/mol. The Hall–Kier alpha value is -3.56. The molecule has 3 aromatic carbocycles. The van der Waals surface area contributed by atoms with Gasteiger partial charge in [0, 0.05) is 17.6 Å². The van der Waals surface area contributed by atoms with E-state index in [4.69, 9.17) is 16.3 Å². The van der Waals surface area contributed by atoms with Crippen LogP contribution >= 0.6 is 11.6 Å². The van der Waals surface area contributed by atoms with Gasteiger partial charge in [0.1, 0.15) is 18.3 Å². The van der Waals surface area contributed by atoms with Gasteiger partial charge in [-0.25, -0.2) is 8.42 Å². The lowest BCUT2D eigenvalue weighted by atomic mass is 10.1. The van der Waals surface area contributed by atoms with Crippen molar-refractivity contribution in [2.75, 3.05) is 18.0 Å². The minimum atomic E-state index is -4.20. The van der Waals surface area contributed by atoms with Crippen LogP contribution in [-0.4, -0.2) is 50.9 Å². The molecule has 0 aliphatic carbocycles. The molecule has 0 fully saturated rings. The molecule has 2 amide bonds. The maximum atomic E-state index is 14.0. The molecule has 0 aromatic heterocycles. The van der Waals surface area contributed by atoms with Crippen molar-refractivity contribution in [1.29, 1.82) is 0 Å². The van der Waals surface area contributed by atoms with Gasteiger partial charge in [-0.2, -0.15) is 0 Å². The van der Waals surface area contributed by atoms with E-state index in [0.717, 1.165) is 16.3 Å². The molecule has 10 heteroatoms. The van der Waals surface area contributed by atoms with Gasteiger partial charge in [-0.1, -0.05) is 60.5 Å². The Morgan fingerprint density at radius 3 is 2.30 bits per heavy atom. The molecule has 1 N–H and O–H groups in total. The Morgan fingerprint density at radius 2 is 1.68 bits per heavy atom. The first-order chi connectivity index (χ1) is 19.0. The van der Waals surface area contributed by atoms with Crippen LogP contribution in [0.15, 0.2) is 77.7 Å². The van der Waals surface area contributed by atoms with Crippen molar-refractivity contribution in [3.05, 3.63) is 88.9 Å². The molecule has 2 atom stereocenters. The quantitative estimate of drug-likeness (QED) is 0.316. The number of halogens is 1. The zero-order valence-electron chi connectivity index (χ0n) is 23.4. The fourth-order valence-electron chi connectivity index (χ4n) is 4.07. The fourth-order valence-corrected chi connectivity index (χ4v) is 5.70. The number of carbonyl (C=O) groups is 2. The van der Waals surface area contributed by atoms with Crippen LogP contribution in [0.2, 0.25) is 5.02 Å². The third kappa shape index (κ3) is 7.55. The number of hydrogen-bond acceptors (Lipinski definition) is 5. The number of aryl methyl sites for hydroxylation is 1. The molecule has 40 heavy (non-hydrogen) atoms. The molecule has 0 heterocycles. The predicted octanol–water partition coefficient (Wildman–Crippen LogP) is 5.18. The smallest absolute Gasteiger partial charge is 0.264 e. The van der Waals surface area contributed by atoms with Crippen molar-refractivity contribution in [2.45, 2.75) is 57.6 Å². The van der Waals surface area contributed by atoms with Crippen molar-refractivity contribution in [3.63, 3.8) is 0 Å². The molecule has 214 valence electrons. The van der Waals surface area contributed by atoms with E-state index in [1.165, 1.54) is 24.1 Å². The SMILES string of the molecule is CCC(C)NC(=O)C(C)N(Cc1cccc(Cl)c1)C(=O)CN(c1ccccc1OC)S(=O)(=O)c1ccc(C)cc1. The van der Waals surface area contributed by atoms with Crippen LogP contribution < -0.4 is 14.4 Å². The van der Waals surface area contributed by atoms with Gasteiger partial charge in [-0.15, -0.1) is 0 Å². The highest BCUT2D eigenvalue weighted by Crippen LogP contribution is 2.32. The first-order valence-electron chi connectivity index (χ1n) is 13.0. The minimum absolute atomic E-state index is 0.0285. The van der Waals surface area contributed by atoms with Gasteiger partial charge in [0.2, 0.25) is 11.8 Å². The first kappa shape index (κ1) is 31.0. The topological polar surface area (TPSA) is 96.0 Å². The summed E-state index contributed by atoms with van der Waals surface area (Å²) in [7, 11) is -2.76. The normalized spacial score (nSPS) is 12.8. The first-order valence-corrected chi connectivity index (χ1v) is 14.9. The van der Waals surface area contributed by atoms with Gasteiger partial charge in [-0.05, 0) is 69.2 Å². The Labute approximate surface area is 241 Å². The Balaban J connectivity index is 2.06. The van der Waals surface area contributed by atoms with E-state index in [1.807, 2.05) is 20.8 Å². The van der Waals surface area contributed by atoms with E-state index in [-0.39, 0.29) is 34.8 Å². The number of anilines is 1. The number of carbonyl (C=O) groups excluding carboxylic acids is 2. The number of ether oxygens (including phenoxy) is 1. The zero-order valence-corrected chi connectivity index (χ0v) is 25.0. The Bertz CT molecular complexity index is 1430. The van der Waals surface area contributed by atoms with E-state index in [1.54, 1.807) is 67.6 Å². The summed E-state index contributed by atoms with van der Waals surface area (Å²) in [6.45, 7) is 6.81. The van der Waals surface area contributed by atoms with E-state index in [9.17, 15) is 18.0 Å². The van der Waals surface area contributed by atoms with Crippen molar-refractivity contribution in [3.8, 4) is 5.75 Å². The summed E-state index contributed by atoms with van der Waals surface area (Å²) in [5, 5.41) is 3.40. The van der Waals surface area contributed by atoms with Gasteiger partial charge < -0.3 is 15.0 Å². The largest absolute Gasteiger partial charge is 0.495 e. The van der Waals surface area contributed by atoms with Gasteiger partial charge >= 0.3 is 0 Å². The highest BCUT2D eigenvalue weighted by Gasteiger charge is 2.34. The molecule has 0 aliphatic rings. The lowest BCUT2D eigenvalue weighted by molar-refractivity contribution is -0.139. The van der Waals surface area contributed by atoms with Crippen LogP contribution in [-0.2, 0) is 26.2 Å². The Morgan fingerprint density at radius 1 is 1.00 bits per heavy atom. The van der Waals surface area contributed by atoms with E-state index < -0.39 is 28.5 Å². The average Bonchev–Trinajstić information content (AvgIpc) is 2.94. The summed E-state index contributed by atoms with van der Waals surface area (Å²) < 4.78 is 34.4. The molecular weight excluding hydrogens is 550 g/mol. The van der Waals surface area contributed by atoms with Crippen LogP contribution in [0.4, 0.5) is 5.69 Å². The summed E-state index contributed by atoms with van der Waals surface area (Å²) in [4.78, 5) is 28.6. The lowest BCUT2D eigenvalue weighted by Crippen LogP contribution is -2.52. The number of rotatable bonds is 12. The van der Waals surface area contributed by atoms with E-state index in [2.05, 4.69) is 5.32 Å². The Kier molecular flexibility index (Phi) is 10.6. The van der Waals surface area contributed by atoms with Crippen LogP contribution in [0, 0.1) is 6.92 Å². The molecule has 0 saturated heterocycles. The summed E-state index contributed by atoms with van der Waals surface area (Å²) in [6.07, 6.45) is 0.719. The number of para-hydroxylation sites is 2. The number of nitrogens with zero attached hydrogens (tertiary/aromatic N) is 2. The second kappa shape index (κ2) is 13.7. The van der Waals surface area contributed by atoms with Crippen LogP contribution in [0.25, 0.3) is 0 Å². The van der Waals surface area contributed by atoms with Gasteiger partial charge in [0.25, 0.3) is 10.0 Å². The second-order valence-electron chi connectivity index (χ2n) is 9.64. The summed E-state index contributed by atoms with van der Waals surface area (Å²) in [5.41, 5.74) is 1.81. The van der Waals surface area contributed by atoms with Crippen LogP contribution in [0.1, 0.15) is 38.3 Å². The monoisotopic (exact) mass is 585 g/mol. The zero-order chi connectivity index (χ0) is 29.4. The highest BCUT2D eigenvalue weighted by molar-refractivity contribution is 7.92. The summed E-state index contributed by atoms with van der Waals surface area (Å²) in [5.74, 6) is -0.613. The van der Waals surface area contributed by atoms with Crippen molar-refractivity contribution in [2.24, 2.45) is 0 Å². The van der Waals surface area contributed by atoms with E-state index >= 15 is 0 Å². The number of benzene rings is 3. The number of methoxy groups -OCH3 is 1. The van der Waals surface area contributed by atoms with Gasteiger partial charge in [-0.3, -0.25) is 13.9 Å². The van der Waals surface area contributed by atoms with Gasteiger partial charge in [0.15, 0.2) is 0 Å². The number of hydrogen-bond donors (Lipinski definition) is 1. The standard InChI is InChI=1S/C30H36ClN3O5S/c1-6-22(3)32-30(36)23(4)33(19-24-10-9-11-25(31)18-24)29(35)20-34(27-12-7-8-13-28(27)39-5)40(37,38)26-16-14-21(2)15-17-26/h7-18,22-23H,6,19-20H2,1-5H3,(H,32,36). The molecule has 0 aliphatic heterocycles. The van der Waals surface area contributed by atoms with Crippen molar-refractivity contribution < 1.29 is 22.7 Å². The van der Waals surface area contributed by atoms with Gasteiger partial charge in [0.05, 0.1) is 17.7 Å². The minimum Gasteiger partial charge on any atom is -0.495 e. The third-order valence-electron chi connectivity index (χ3n) is 6.65. The summed E-state index contributed by atoms with van der Waals surface area (Å²) >= 11 is 6.19. The number of nitrogens with one attached hydrogen (secondary N) is 1. The molecule has 0 bridgehead atoms. The second-order valence-corrected chi connectivity index (χ2v) is 11.9. The molecule has 0 spiro atoms. The van der Waals surface area contributed by atoms with Crippen LogP contribution in [0.3, 0.4) is 0 Å². The van der Waals surface area contributed by atoms with Crippen LogP contribution in [0.5, 0.6) is 5.75 Å². The molecule has 3 aromatic rings. The molecular formula is C30H36ClN3O5S. The maximum Gasteiger partial charge on any atom is 0.264 e. The van der Waals surface area contributed by atoms with E-state index in [0.29, 0.717) is 10.6 Å².